The van der Waals surface area contributed by atoms with Crippen molar-refractivity contribution in [1.29, 1.82) is 0 Å². The molecule has 0 amide bonds. The molecule has 10 aromatic carbocycles. The van der Waals surface area contributed by atoms with E-state index in [1.165, 1.54) is 20.7 Å². The molecule has 3 aromatic heterocycles. The number of para-hydroxylation sites is 2. The number of fused-ring (bicyclic) bond motifs is 3. The van der Waals surface area contributed by atoms with Crippen LogP contribution in [0.3, 0.4) is 0 Å². The van der Waals surface area contributed by atoms with E-state index in [0.717, 1.165) is 60.8 Å². The van der Waals surface area contributed by atoms with Crippen LogP contribution in [0.1, 0.15) is 0 Å². The minimum Gasteiger partial charge on any atom is -0.278 e. The molecule has 0 aliphatic rings. The smallest absolute Gasteiger partial charge is 0.238 e. The van der Waals surface area contributed by atoms with Gasteiger partial charge in [-0.3, -0.25) is 4.57 Å². The number of rotatable bonds is 11. The van der Waals surface area contributed by atoms with Gasteiger partial charge >= 0.3 is 0 Å². The third kappa shape index (κ3) is 7.87. The molecule has 0 atom stereocenters. The molecule has 0 bridgehead atoms. The van der Waals surface area contributed by atoms with Crippen LogP contribution < -0.4 is 20.7 Å². The Morgan fingerprint density at radius 3 is 1.04 bits per heavy atom. The van der Waals surface area contributed by atoms with Gasteiger partial charge in [0.15, 0.2) is 37.2 Å². The van der Waals surface area contributed by atoms with Crippen molar-refractivity contribution in [2.75, 3.05) is 0 Å². The molecule has 0 fully saturated rings. The zero-order valence-electron chi connectivity index (χ0n) is 40.1. The molecule has 7 nitrogen and oxygen atoms in total. The summed E-state index contributed by atoms with van der Waals surface area (Å²) in [7, 11) is -2.92. The summed E-state index contributed by atoms with van der Waals surface area (Å²) >= 11 is 0. The predicted octanol–water partition coefficient (Wildman–Crippen LogP) is 12.5. The highest BCUT2D eigenvalue weighted by atomic mass is 28.3. The van der Waals surface area contributed by atoms with E-state index in [1.54, 1.807) is 0 Å². The molecule has 0 unspecified atom stereocenters. The van der Waals surface area contributed by atoms with Crippen LogP contribution in [0.15, 0.2) is 273 Å². The highest BCUT2D eigenvalue weighted by molar-refractivity contribution is 7.19. The Balaban J connectivity index is 1.05. The number of nitrogens with zero attached hydrogens (tertiary/aromatic N) is 7. The van der Waals surface area contributed by atoms with Gasteiger partial charge in [-0.25, -0.2) is 19.9 Å². The van der Waals surface area contributed by atoms with E-state index in [1.807, 2.05) is 66.7 Å². The number of benzene rings is 10. The Labute approximate surface area is 429 Å². The summed E-state index contributed by atoms with van der Waals surface area (Å²) in [6.45, 7) is 0. The Morgan fingerprint density at radius 1 is 0.243 bits per heavy atom. The van der Waals surface area contributed by atoms with Gasteiger partial charge in [-0.15, -0.1) is 0 Å². The minimum absolute atomic E-state index is 0.519. The Kier molecular flexibility index (Phi) is 11.4. The summed E-state index contributed by atoms with van der Waals surface area (Å²) in [5.74, 6) is 3.36. The van der Waals surface area contributed by atoms with E-state index in [-0.39, 0.29) is 0 Å². The van der Waals surface area contributed by atoms with Gasteiger partial charge in [0.1, 0.15) is 0 Å². The lowest BCUT2D eigenvalue weighted by Crippen LogP contribution is -2.74. The van der Waals surface area contributed by atoms with E-state index >= 15 is 0 Å². The van der Waals surface area contributed by atoms with E-state index in [4.69, 9.17) is 29.9 Å². The molecule has 0 aliphatic heterocycles. The molecular formula is C66H45N7Si. The predicted molar refractivity (Wildman–Crippen MR) is 304 cm³/mol. The van der Waals surface area contributed by atoms with E-state index < -0.39 is 8.07 Å². The maximum Gasteiger partial charge on any atom is 0.238 e. The number of hydrogen-bond donors (Lipinski definition) is 0. The third-order valence-corrected chi connectivity index (χ3v) is 18.7. The molecule has 3 heterocycles. The molecule has 13 rings (SSSR count). The van der Waals surface area contributed by atoms with Gasteiger partial charge < -0.3 is 0 Å². The van der Waals surface area contributed by atoms with Crippen molar-refractivity contribution in [3.63, 3.8) is 0 Å². The standard InChI is InChI=1S/C66H45N7Si/c1-6-25-46(26-7-1)61-67-62(47-27-8-2-9-28-47)69-64(68-61)57-41-18-16-37-53(57)54-38-17-19-42-58(54)65-70-63(71-66(72-65)73-59-43-22-20-39-55(59)56-40-21-23-44-60(56)73)48-29-24-36-52(45-48)74(49-30-10-3-11-31-49,50-32-12-4-13-33-50)51-34-14-5-15-35-51/h1-45H. The molecule has 0 saturated carbocycles. The highest BCUT2D eigenvalue weighted by Gasteiger charge is 2.41. The van der Waals surface area contributed by atoms with Crippen molar-refractivity contribution in [2.24, 2.45) is 0 Å². The van der Waals surface area contributed by atoms with Gasteiger partial charge in [0.25, 0.3) is 0 Å². The second-order valence-corrected chi connectivity index (χ2v) is 22.0. The fourth-order valence-corrected chi connectivity index (χ4v) is 15.4. The maximum atomic E-state index is 5.52. The van der Waals surface area contributed by atoms with Gasteiger partial charge in [-0.2, -0.15) is 9.97 Å². The molecule has 0 spiro atoms. The van der Waals surface area contributed by atoms with Crippen LogP contribution in [0.25, 0.3) is 95.8 Å². The Morgan fingerprint density at radius 2 is 0.568 bits per heavy atom. The average molecular weight is 964 g/mol. The fraction of sp³-hybridized carbons (Fsp3) is 0. The van der Waals surface area contributed by atoms with Crippen molar-refractivity contribution in [3.8, 4) is 74.0 Å². The van der Waals surface area contributed by atoms with Crippen LogP contribution >= 0.6 is 0 Å². The first-order chi connectivity index (χ1) is 36.7. The molecule has 8 heteroatoms. The van der Waals surface area contributed by atoms with Gasteiger partial charge in [-0.1, -0.05) is 261 Å². The number of aromatic nitrogens is 7. The lowest BCUT2D eigenvalue weighted by Gasteiger charge is -2.34. The van der Waals surface area contributed by atoms with E-state index in [9.17, 15) is 0 Å². The van der Waals surface area contributed by atoms with E-state index in [2.05, 4.69) is 211 Å². The van der Waals surface area contributed by atoms with Crippen LogP contribution in [-0.4, -0.2) is 42.5 Å². The lowest BCUT2D eigenvalue weighted by molar-refractivity contribution is 0.954. The summed E-state index contributed by atoms with van der Waals surface area (Å²) in [5, 5.41) is 7.32. The SMILES string of the molecule is c1ccc(-c2nc(-c3ccccc3)nc(-c3ccccc3-c3ccccc3-c3nc(-c4cccc([Si](c5ccccc5)(c5ccccc5)c5ccccc5)c4)nc(-n4c5ccccc5c5ccccc54)n3)n2)cc1. The Bertz CT molecular complexity index is 3920. The van der Waals surface area contributed by atoms with Crippen molar-refractivity contribution >= 4 is 50.6 Å². The Hall–Kier alpha value is -9.76. The topological polar surface area (TPSA) is 82.3 Å². The summed E-state index contributed by atoms with van der Waals surface area (Å²) in [4.78, 5) is 31.9. The molecule has 74 heavy (non-hydrogen) atoms. The first-order valence-electron chi connectivity index (χ1n) is 24.8. The number of hydrogen-bond acceptors (Lipinski definition) is 6. The van der Waals surface area contributed by atoms with Crippen LogP contribution in [0.5, 0.6) is 0 Å². The summed E-state index contributed by atoms with van der Waals surface area (Å²) < 4.78 is 2.18. The zero-order chi connectivity index (χ0) is 49.3. The lowest BCUT2D eigenvalue weighted by atomic mass is 9.94. The molecule has 0 radical (unpaired) electrons. The first kappa shape index (κ1) is 44.2. The molecule has 348 valence electrons. The highest BCUT2D eigenvalue weighted by Crippen LogP contribution is 2.39. The second kappa shape index (κ2) is 19.1. The normalized spacial score (nSPS) is 11.5. The summed E-state index contributed by atoms with van der Waals surface area (Å²) in [6, 6.07) is 95.6. The van der Waals surface area contributed by atoms with Crippen molar-refractivity contribution in [3.05, 3.63) is 273 Å². The van der Waals surface area contributed by atoms with Crippen molar-refractivity contribution in [1.82, 2.24) is 34.5 Å². The summed E-state index contributed by atoms with van der Waals surface area (Å²) in [5.41, 5.74) is 8.25. The van der Waals surface area contributed by atoms with Crippen molar-refractivity contribution in [2.45, 2.75) is 0 Å². The van der Waals surface area contributed by atoms with Gasteiger partial charge in [-0.05, 0) is 44.0 Å². The molecular weight excluding hydrogens is 919 g/mol. The minimum atomic E-state index is -2.92. The third-order valence-electron chi connectivity index (χ3n) is 13.9. The summed E-state index contributed by atoms with van der Waals surface area (Å²) in [6.07, 6.45) is 0. The van der Waals surface area contributed by atoms with Gasteiger partial charge in [0.05, 0.1) is 11.0 Å². The van der Waals surface area contributed by atoms with Gasteiger partial charge in [0.2, 0.25) is 5.95 Å². The maximum absolute atomic E-state index is 5.52. The molecule has 0 aliphatic carbocycles. The fourth-order valence-electron chi connectivity index (χ4n) is 10.6. The van der Waals surface area contributed by atoms with Crippen LogP contribution in [-0.2, 0) is 0 Å². The largest absolute Gasteiger partial charge is 0.278 e. The first-order valence-corrected chi connectivity index (χ1v) is 26.8. The van der Waals surface area contributed by atoms with Crippen LogP contribution in [0.4, 0.5) is 0 Å². The van der Waals surface area contributed by atoms with E-state index in [0.29, 0.717) is 35.1 Å². The molecule has 13 aromatic rings. The second-order valence-electron chi connectivity index (χ2n) is 18.2. The van der Waals surface area contributed by atoms with Gasteiger partial charge in [0, 0.05) is 38.6 Å². The quantitative estimate of drug-likeness (QED) is 0.0949. The van der Waals surface area contributed by atoms with Crippen molar-refractivity contribution < 1.29 is 0 Å². The zero-order valence-corrected chi connectivity index (χ0v) is 41.1. The van der Waals surface area contributed by atoms with Crippen LogP contribution in [0, 0.1) is 0 Å². The van der Waals surface area contributed by atoms with Crippen LogP contribution in [0.2, 0.25) is 0 Å². The molecule has 0 saturated heterocycles. The molecule has 0 N–H and O–H groups in total. The average Bonchev–Trinajstić information content (AvgIpc) is 3.84. The monoisotopic (exact) mass is 963 g/mol.